The van der Waals surface area contributed by atoms with E-state index in [1.807, 2.05) is 18.2 Å². The van der Waals surface area contributed by atoms with Crippen LogP contribution >= 0.6 is 0 Å². The summed E-state index contributed by atoms with van der Waals surface area (Å²) < 4.78 is 16.1. The predicted molar refractivity (Wildman–Crippen MR) is 95.0 cm³/mol. The van der Waals surface area contributed by atoms with E-state index in [-0.39, 0.29) is 0 Å². The fourth-order valence-corrected chi connectivity index (χ4v) is 2.65. The molecule has 1 aromatic rings. The minimum Gasteiger partial charge on any atom is -0.493 e. The first-order chi connectivity index (χ1) is 11.8. The normalized spacial score (nSPS) is 15.9. The lowest BCUT2D eigenvalue weighted by molar-refractivity contribution is 0.0389. The van der Waals surface area contributed by atoms with Gasteiger partial charge >= 0.3 is 0 Å². The van der Waals surface area contributed by atoms with Crippen LogP contribution in [0, 0.1) is 0 Å². The monoisotopic (exact) mass is 336 g/mol. The van der Waals surface area contributed by atoms with E-state index in [1.54, 1.807) is 21.3 Å². The van der Waals surface area contributed by atoms with Gasteiger partial charge < -0.3 is 24.8 Å². The van der Waals surface area contributed by atoms with Crippen molar-refractivity contribution in [1.82, 2.24) is 15.5 Å². The molecular weight excluding hydrogens is 308 g/mol. The van der Waals surface area contributed by atoms with Gasteiger partial charge in [-0.3, -0.25) is 9.89 Å². The average Bonchev–Trinajstić information content (AvgIpc) is 2.64. The van der Waals surface area contributed by atoms with Crippen molar-refractivity contribution < 1.29 is 14.2 Å². The van der Waals surface area contributed by atoms with Gasteiger partial charge in [0.1, 0.15) is 0 Å². The summed E-state index contributed by atoms with van der Waals surface area (Å²) in [4.78, 5) is 6.65. The number of morpholine rings is 1. The minimum absolute atomic E-state index is 0.609. The van der Waals surface area contributed by atoms with Crippen molar-refractivity contribution >= 4 is 5.96 Å². The highest BCUT2D eigenvalue weighted by Crippen LogP contribution is 2.30. The third kappa shape index (κ3) is 5.28. The maximum absolute atomic E-state index is 5.45. The Morgan fingerprint density at radius 2 is 2.00 bits per heavy atom. The number of aliphatic imine (C=N–C) groups is 1. The van der Waals surface area contributed by atoms with Crippen molar-refractivity contribution in [2.75, 3.05) is 60.7 Å². The van der Waals surface area contributed by atoms with Crippen LogP contribution in [0.3, 0.4) is 0 Å². The van der Waals surface area contributed by atoms with Gasteiger partial charge in [-0.2, -0.15) is 0 Å². The molecule has 1 aromatic carbocycles. The fourth-order valence-electron chi connectivity index (χ4n) is 2.65. The predicted octanol–water partition coefficient (Wildman–Crippen LogP) is 0.701. The average molecular weight is 336 g/mol. The zero-order valence-corrected chi connectivity index (χ0v) is 14.8. The molecule has 24 heavy (non-hydrogen) atoms. The van der Waals surface area contributed by atoms with E-state index in [1.165, 1.54) is 0 Å². The number of hydrogen-bond acceptors (Lipinski definition) is 5. The Morgan fingerprint density at radius 3 is 2.67 bits per heavy atom. The number of nitrogens with one attached hydrogen (secondary N) is 2. The Balaban J connectivity index is 1.81. The van der Waals surface area contributed by atoms with Gasteiger partial charge in [-0.15, -0.1) is 0 Å². The lowest BCUT2D eigenvalue weighted by Crippen LogP contribution is -2.44. The summed E-state index contributed by atoms with van der Waals surface area (Å²) in [5.74, 6) is 2.25. The molecular formula is C17H28N4O3. The highest BCUT2D eigenvalue weighted by molar-refractivity contribution is 5.79. The Morgan fingerprint density at radius 1 is 1.21 bits per heavy atom. The van der Waals surface area contributed by atoms with Gasteiger partial charge in [0.05, 0.1) is 27.4 Å². The lowest BCUT2D eigenvalue weighted by atomic mass is 10.2. The Bertz CT molecular complexity index is 531. The molecule has 7 nitrogen and oxygen atoms in total. The highest BCUT2D eigenvalue weighted by atomic mass is 16.5. The lowest BCUT2D eigenvalue weighted by Gasteiger charge is -2.26. The van der Waals surface area contributed by atoms with E-state index < -0.39 is 0 Å². The summed E-state index contributed by atoms with van der Waals surface area (Å²) in [5, 5.41) is 6.65. The van der Waals surface area contributed by atoms with Crippen molar-refractivity contribution in [3.63, 3.8) is 0 Å². The molecule has 2 rings (SSSR count). The molecule has 7 heteroatoms. The molecule has 2 N–H and O–H groups in total. The standard InChI is InChI=1S/C17H28N4O3/c1-18-17(19-7-8-21-9-11-24-12-10-21)20-13-14-5-4-6-15(22-2)16(14)23-3/h4-6H,7-13H2,1-3H3,(H2,18,19,20). The van der Waals surface area contributed by atoms with E-state index in [0.717, 1.165) is 62.4 Å². The molecule has 1 aliphatic rings. The first-order valence-electron chi connectivity index (χ1n) is 8.23. The van der Waals surface area contributed by atoms with E-state index in [0.29, 0.717) is 6.54 Å². The van der Waals surface area contributed by atoms with Gasteiger partial charge in [0.2, 0.25) is 0 Å². The zero-order valence-electron chi connectivity index (χ0n) is 14.8. The Labute approximate surface area is 144 Å². The topological polar surface area (TPSA) is 67.4 Å². The number of nitrogens with zero attached hydrogens (tertiary/aromatic N) is 2. The number of guanidine groups is 1. The summed E-state index contributed by atoms with van der Waals surface area (Å²) >= 11 is 0. The molecule has 0 aliphatic carbocycles. The molecule has 1 fully saturated rings. The largest absolute Gasteiger partial charge is 0.493 e. The second-order valence-electron chi connectivity index (χ2n) is 5.46. The van der Waals surface area contributed by atoms with Crippen LogP contribution in [0.2, 0.25) is 0 Å². The minimum atomic E-state index is 0.609. The van der Waals surface area contributed by atoms with Gasteiger partial charge in [-0.25, -0.2) is 0 Å². The quantitative estimate of drug-likeness (QED) is 0.564. The van der Waals surface area contributed by atoms with Gasteiger partial charge in [0, 0.05) is 45.3 Å². The van der Waals surface area contributed by atoms with Crippen molar-refractivity contribution in [1.29, 1.82) is 0 Å². The Kier molecular flexibility index (Phi) is 7.64. The zero-order chi connectivity index (χ0) is 17.2. The highest BCUT2D eigenvalue weighted by Gasteiger charge is 2.11. The van der Waals surface area contributed by atoms with E-state index >= 15 is 0 Å². The van der Waals surface area contributed by atoms with Crippen molar-refractivity contribution in [3.05, 3.63) is 23.8 Å². The molecule has 1 aliphatic heterocycles. The molecule has 0 spiro atoms. The molecule has 0 unspecified atom stereocenters. The molecule has 1 heterocycles. The van der Waals surface area contributed by atoms with Crippen molar-refractivity contribution in [2.45, 2.75) is 6.54 Å². The van der Waals surface area contributed by atoms with Crippen LogP contribution in [0.1, 0.15) is 5.56 Å². The molecule has 0 amide bonds. The van der Waals surface area contributed by atoms with Gasteiger partial charge in [-0.05, 0) is 6.07 Å². The third-order valence-corrected chi connectivity index (χ3v) is 3.98. The summed E-state index contributed by atoms with van der Waals surface area (Å²) in [5.41, 5.74) is 1.02. The van der Waals surface area contributed by atoms with Gasteiger partial charge in [-0.1, -0.05) is 12.1 Å². The molecule has 0 radical (unpaired) electrons. The van der Waals surface area contributed by atoms with Crippen molar-refractivity contribution in [2.24, 2.45) is 4.99 Å². The van der Waals surface area contributed by atoms with Crippen LogP contribution in [0.25, 0.3) is 0 Å². The van der Waals surface area contributed by atoms with Gasteiger partial charge in [0.15, 0.2) is 17.5 Å². The third-order valence-electron chi connectivity index (χ3n) is 3.98. The number of ether oxygens (including phenoxy) is 3. The van der Waals surface area contributed by atoms with E-state index in [2.05, 4.69) is 20.5 Å². The molecule has 0 aromatic heterocycles. The van der Waals surface area contributed by atoms with E-state index in [4.69, 9.17) is 14.2 Å². The van der Waals surface area contributed by atoms with Crippen LogP contribution in [-0.4, -0.2) is 71.5 Å². The summed E-state index contributed by atoms with van der Waals surface area (Å²) in [6.07, 6.45) is 0. The molecule has 0 bridgehead atoms. The second-order valence-corrected chi connectivity index (χ2v) is 5.46. The van der Waals surface area contributed by atoms with Crippen LogP contribution in [0.4, 0.5) is 0 Å². The maximum Gasteiger partial charge on any atom is 0.191 e. The number of rotatable bonds is 7. The van der Waals surface area contributed by atoms with Gasteiger partial charge in [0.25, 0.3) is 0 Å². The number of hydrogen-bond donors (Lipinski definition) is 2. The summed E-state index contributed by atoms with van der Waals surface area (Å²) in [6, 6.07) is 5.85. The van der Waals surface area contributed by atoms with Crippen LogP contribution in [-0.2, 0) is 11.3 Å². The van der Waals surface area contributed by atoms with Crippen LogP contribution in [0.15, 0.2) is 23.2 Å². The SMILES string of the molecule is CN=C(NCCN1CCOCC1)NCc1cccc(OC)c1OC. The Hall–Kier alpha value is -1.99. The maximum atomic E-state index is 5.45. The van der Waals surface area contributed by atoms with Crippen LogP contribution < -0.4 is 20.1 Å². The number of benzene rings is 1. The van der Waals surface area contributed by atoms with Crippen molar-refractivity contribution in [3.8, 4) is 11.5 Å². The smallest absolute Gasteiger partial charge is 0.191 e. The van der Waals surface area contributed by atoms with Crippen LogP contribution in [0.5, 0.6) is 11.5 Å². The molecule has 134 valence electrons. The number of para-hydroxylation sites is 1. The molecule has 1 saturated heterocycles. The first kappa shape index (κ1) is 18.4. The fraction of sp³-hybridized carbons (Fsp3) is 0.588. The first-order valence-corrected chi connectivity index (χ1v) is 8.23. The second kappa shape index (κ2) is 10.00. The van der Waals surface area contributed by atoms with E-state index in [9.17, 15) is 0 Å². The molecule has 0 atom stereocenters. The summed E-state index contributed by atoms with van der Waals surface area (Å²) in [6.45, 7) is 6.06. The summed E-state index contributed by atoms with van der Waals surface area (Å²) in [7, 11) is 5.06. The molecule has 0 saturated carbocycles. The number of methoxy groups -OCH3 is 2.